The zero-order valence-corrected chi connectivity index (χ0v) is 20.3. The number of carbonyl (C=O) groups is 1. The van der Waals surface area contributed by atoms with Crippen LogP contribution in [0.15, 0.2) is 60.4 Å². The molecule has 0 atom stereocenters. The maximum absolute atomic E-state index is 13.3. The Labute approximate surface area is 205 Å². The minimum Gasteiger partial charge on any atom is -0.496 e. The van der Waals surface area contributed by atoms with Crippen molar-refractivity contribution in [1.82, 2.24) is 4.90 Å². The molecule has 2 aliphatic rings. The van der Waals surface area contributed by atoms with Gasteiger partial charge in [-0.2, -0.15) is 0 Å². The number of hydrogen-bond acceptors (Lipinski definition) is 6. The first-order valence-electron chi connectivity index (χ1n) is 11.9. The molecule has 0 fully saturated rings. The third-order valence-electron chi connectivity index (χ3n) is 6.37. The van der Waals surface area contributed by atoms with E-state index in [4.69, 9.17) is 18.9 Å². The number of hydrogen-bond donors (Lipinski definition) is 0. The van der Waals surface area contributed by atoms with Crippen LogP contribution >= 0.6 is 0 Å². The number of carbonyl (C=O) groups excluding carboxylic acids is 1. The molecule has 2 heterocycles. The SMILES string of the molecule is CCOc1ccc(/C=C2\Oc3c4c(cc(C)c3C2=O)OCN(CCc2ccccc2OC)C4)cc1. The summed E-state index contributed by atoms with van der Waals surface area (Å²) in [5.41, 5.74) is 4.44. The zero-order chi connectivity index (χ0) is 24.4. The third kappa shape index (κ3) is 4.62. The van der Waals surface area contributed by atoms with E-state index in [1.54, 1.807) is 13.2 Å². The van der Waals surface area contributed by atoms with Gasteiger partial charge in [0.05, 0.1) is 24.8 Å². The monoisotopic (exact) mass is 471 g/mol. The van der Waals surface area contributed by atoms with E-state index in [0.717, 1.165) is 52.5 Å². The molecule has 0 saturated carbocycles. The van der Waals surface area contributed by atoms with Gasteiger partial charge in [0.15, 0.2) is 5.76 Å². The van der Waals surface area contributed by atoms with Crippen molar-refractivity contribution in [1.29, 1.82) is 0 Å². The first-order valence-corrected chi connectivity index (χ1v) is 11.9. The van der Waals surface area contributed by atoms with E-state index in [9.17, 15) is 4.79 Å². The topological polar surface area (TPSA) is 57.2 Å². The number of ether oxygens (including phenoxy) is 4. The highest BCUT2D eigenvalue weighted by Gasteiger charge is 2.35. The van der Waals surface area contributed by atoms with Crippen molar-refractivity contribution < 1.29 is 23.7 Å². The van der Waals surface area contributed by atoms with Gasteiger partial charge in [-0.3, -0.25) is 9.69 Å². The second-order valence-corrected chi connectivity index (χ2v) is 8.70. The summed E-state index contributed by atoms with van der Waals surface area (Å²) < 4.78 is 23.3. The summed E-state index contributed by atoms with van der Waals surface area (Å²) in [7, 11) is 1.69. The lowest BCUT2D eigenvalue weighted by Gasteiger charge is -2.30. The summed E-state index contributed by atoms with van der Waals surface area (Å²) in [6.07, 6.45) is 2.62. The van der Waals surface area contributed by atoms with Crippen LogP contribution in [-0.2, 0) is 13.0 Å². The molecule has 0 aromatic heterocycles. The molecular weight excluding hydrogens is 442 g/mol. The number of Topliss-reactive ketones (excluding diaryl/α,β-unsaturated/α-hetero) is 1. The van der Waals surface area contributed by atoms with Crippen LogP contribution in [0.1, 0.15) is 39.5 Å². The van der Waals surface area contributed by atoms with Crippen molar-refractivity contribution in [2.24, 2.45) is 0 Å². The lowest BCUT2D eigenvalue weighted by molar-refractivity contribution is 0.0947. The van der Waals surface area contributed by atoms with Gasteiger partial charge in [-0.05, 0) is 67.3 Å². The van der Waals surface area contributed by atoms with E-state index in [-0.39, 0.29) is 5.78 Å². The van der Waals surface area contributed by atoms with Crippen LogP contribution in [0.2, 0.25) is 0 Å². The number of fused-ring (bicyclic) bond motifs is 3. The average Bonchev–Trinajstić information content (AvgIpc) is 3.21. The van der Waals surface area contributed by atoms with Crippen molar-refractivity contribution in [2.75, 3.05) is 27.0 Å². The fourth-order valence-electron chi connectivity index (χ4n) is 4.59. The minimum absolute atomic E-state index is 0.0969. The number of nitrogens with zero attached hydrogens (tertiary/aromatic N) is 1. The zero-order valence-electron chi connectivity index (χ0n) is 20.3. The molecule has 0 bridgehead atoms. The smallest absolute Gasteiger partial charge is 0.232 e. The number of ketones is 1. The van der Waals surface area contributed by atoms with Crippen molar-refractivity contribution in [3.63, 3.8) is 0 Å². The number of aryl methyl sites for hydroxylation is 1. The molecule has 0 N–H and O–H groups in total. The fraction of sp³-hybridized carbons (Fsp3) is 0.276. The van der Waals surface area contributed by atoms with Gasteiger partial charge in [0.1, 0.15) is 29.7 Å². The Morgan fingerprint density at radius 1 is 1.11 bits per heavy atom. The first kappa shape index (κ1) is 23.0. The van der Waals surface area contributed by atoms with Crippen molar-refractivity contribution in [2.45, 2.75) is 26.8 Å². The number of benzene rings is 3. The Kier molecular flexibility index (Phi) is 6.47. The highest BCUT2D eigenvalue weighted by Crippen LogP contribution is 2.44. The van der Waals surface area contributed by atoms with Gasteiger partial charge in [0.2, 0.25) is 5.78 Å². The molecule has 35 heavy (non-hydrogen) atoms. The molecule has 6 nitrogen and oxygen atoms in total. The molecule has 0 unspecified atom stereocenters. The van der Waals surface area contributed by atoms with Gasteiger partial charge in [0.25, 0.3) is 0 Å². The number of allylic oxidation sites excluding steroid dienone is 1. The molecule has 0 spiro atoms. The largest absolute Gasteiger partial charge is 0.496 e. The van der Waals surface area contributed by atoms with E-state index < -0.39 is 0 Å². The molecule has 6 heteroatoms. The summed E-state index contributed by atoms with van der Waals surface area (Å²) in [5, 5.41) is 0. The van der Waals surface area contributed by atoms with Gasteiger partial charge in [-0.1, -0.05) is 30.3 Å². The molecule has 0 saturated heterocycles. The molecule has 2 aliphatic heterocycles. The van der Waals surface area contributed by atoms with Gasteiger partial charge in [-0.25, -0.2) is 0 Å². The summed E-state index contributed by atoms with van der Waals surface area (Å²) in [6, 6.07) is 17.6. The number of methoxy groups -OCH3 is 1. The quantitative estimate of drug-likeness (QED) is 0.429. The van der Waals surface area contributed by atoms with Crippen LogP contribution in [0.25, 0.3) is 6.08 Å². The Morgan fingerprint density at radius 3 is 2.69 bits per heavy atom. The van der Waals surface area contributed by atoms with Crippen LogP contribution in [0.5, 0.6) is 23.0 Å². The highest BCUT2D eigenvalue weighted by atomic mass is 16.5. The Morgan fingerprint density at radius 2 is 1.91 bits per heavy atom. The molecule has 0 amide bonds. The molecule has 3 aromatic rings. The Balaban J connectivity index is 1.36. The van der Waals surface area contributed by atoms with Gasteiger partial charge >= 0.3 is 0 Å². The molecule has 0 radical (unpaired) electrons. The van der Waals surface area contributed by atoms with Gasteiger partial charge in [0, 0.05) is 13.1 Å². The van der Waals surface area contributed by atoms with E-state index in [1.807, 2.05) is 62.4 Å². The fourth-order valence-corrected chi connectivity index (χ4v) is 4.59. The maximum atomic E-state index is 13.3. The normalized spacial score (nSPS) is 15.9. The second kappa shape index (κ2) is 9.84. The number of para-hydroxylation sites is 1. The van der Waals surface area contributed by atoms with Crippen LogP contribution in [0, 0.1) is 6.92 Å². The predicted molar refractivity (Wildman–Crippen MR) is 134 cm³/mol. The van der Waals surface area contributed by atoms with E-state index in [1.165, 1.54) is 0 Å². The molecule has 0 aliphatic carbocycles. The summed E-state index contributed by atoms with van der Waals surface area (Å²) in [6.45, 7) is 6.42. The number of rotatable bonds is 7. The second-order valence-electron chi connectivity index (χ2n) is 8.70. The first-order chi connectivity index (χ1) is 17.1. The van der Waals surface area contributed by atoms with Crippen LogP contribution < -0.4 is 18.9 Å². The minimum atomic E-state index is -0.0969. The molecule has 5 rings (SSSR count). The Bertz CT molecular complexity index is 1280. The molecule has 3 aromatic carbocycles. The third-order valence-corrected chi connectivity index (χ3v) is 6.37. The van der Waals surface area contributed by atoms with Crippen LogP contribution in [-0.4, -0.2) is 37.7 Å². The lowest BCUT2D eigenvalue weighted by Crippen LogP contribution is -2.34. The van der Waals surface area contributed by atoms with Gasteiger partial charge < -0.3 is 18.9 Å². The summed E-state index contributed by atoms with van der Waals surface area (Å²) in [4.78, 5) is 15.5. The van der Waals surface area contributed by atoms with Crippen molar-refractivity contribution in [3.05, 3.63) is 88.2 Å². The van der Waals surface area contributed by atoms with Crippen molar-refractivity contribution in [3.8, 4) is 23.0 Å². The van der Waals surface area contributed by atoms with E-state index in [0.29, 0.717) is 37.0 Å². The summed E-state index contributed by atoms with van der Waals surface area (Å²) in [5.74, 6) is 3.31. The Hall–Kier alpha value is -3.77. The van der Waals surface area contributed by atoms with E-state index in [2.05, 4.69) is 11.0 Å². The van der Waals surface area contributed by atoms with Crippen LogP contribution in [0.4, 0.5) is 0 Å². The maximum Gasteiger partial charge on any atom is 0.232 e. The average molecular weight is 472 g/mol. The van der Waals surface area contributed by atoms with E-state index >= 15 is 0 Å². The van der Waals surface area contributed by atoms with Gasteiger partial charge in [-0.15, -0.1) is 0 Å². The summed E-state index contributed by atoms with van der Waals surface area (Å²) >= 11 is 0. The molecular formula is C29H29NO5. The van der Waals surface area contributed by atoms with Crippen LogP contribution in [0.3, 0.4) is 0 Å². The highest BCUT2D eigenvalue weighted by molar-refractivity contribution is 6.15. The predicted octanol–water partition coefficient (Wildman–Crippen LogP) is 5.41. The lowest BCUT2D eigenvalue weighted by atomic mass is 9.98. The standard InChI is InChI=1S/C29H29NO5/c1-4-33-22-11-9-20(10-12-22)16-26-28(31)27-19(2)15-25-23(29(27)35-26)17-30(18-34-25)14-13-21-7-5-6-8-24(21)32-3/h5-12,15-16H,4,13-14,17-18H2,1-3H3/b26-16-. The van der Waals surface area contributed by atoms with Crippen molar-refractivity contribution >= 4 is 11.9 Å². The molecule has 180 valence electrons.